The van der Waals surface area contributed by atoms with Gasteiger partial charge in [-0.15, -0.1) is 19.5 Å². The molecule has 10 heavy (non-hydrogen) atoms. The zero-order chi connectivity index (χ0) is 7.71. The van der Waals surface area contributed by atoms with Gasteiger partial charge in [-0.25, -0.2) is 0 Å². The average molecular weight is 175 g/mol. The number of hydrogen-bond donors (Lipinski definition) is 0. The van der Waals surface area contributed by atoms with Crippen molar-refractivity contribution >= 4 is 32.8 Å². The van der Waals surface area contributed by atoms with E-state index in [2.05, 4.69) is 41.5 Å². The Balaban J connectivity index is 0. The van der Waals surface area contributed by atoms with Crippen LogP contribution in [-0.4, -0.2) is 20.4 Å². The summed E-state index contributed by atoms with van der Waals surface area (Å²) in [6.45, 7) is 14.1. The second-order valence-electron chi connectivity index (χ2n) is 5.30. The molecular weight excluding hydrogens is 156 g/mol. The lowest BCUT2D eigenvalue weighted by Crippen LogP contribution is -2.18. The molecule has 0 aliphatic rings. The molecule has 0 heterocycles. The molecule has 0 radical (unpaired) electrons. The molecule has 0 aliphatic heterocycles. The van der Waals surface area contributed by atoms with E-state index in [1.54, 1.807) is 0 Å². The number of hydrogen-bond acceptors (Lipinski definition) is 0. The molecule has 0 aliphatic carbocycles. The van der Waals surface area contributed by atoms with E-state index in [1.807, 2.05) is 0 Å². The second-order valence-corrected chi connectivity index (χ2v) is 9.89. The highest BCUT2D eigenvalue weighted by Crippen LogP contribution is 2.33. The highest BCUT2D eigenvalue weighted by atomic mass is 35.5. The van der Waals surface area contributed by atoms with Crippen LogP contribution >= 0.6 is 12.4 Å². The van der Waals surface area contributed by atoms with Gasteiger partial charge in [0.1, 0.15) is 0 Å². The second kappa shape index (κ2) is 4.17. The van der Waals surface area contributed by atoms with Crippen molar-refractivity contribution in [2.24, 2.45) is 0 Å². The summed E-state index contributed by atoms with van der Waals surface area (Å²) in [7, 11) is 0. The largest absolute Gasteiger partial charge is 0.380 e. The highest BCUT2D eigenvalue weighted by Gasteiger charge is 2.24. The zero-order valence-electron chi connectivity index (χ0n) is 8.12. The fraction of sp³-hybridized carbons (Fsp3) is 1.00. The van der Waals surface area contributed by atoms with Crippen molar-refractivity contribution in [3.63, 3.8) is 0 Å². The van der Waals surface area contributed by atoms with Crippen molar-refractivity contribution in [2.75, 3.05) is 0 Å². The first-order valence-corrected chi connectivity index (χ1v) is 5.12. The van der Waals surface area contributed by atoms with E-state index in [1.165, 1.54) is 0 Å². The Kier molecular flexibility index (Phi) is 5.69. The Hall–Kier alpha value is 1.06. The van der Waals surface area contributed by atoms with Crippen LogP contribution in [0.1, 0.15) is 41.5 Å². The zero-order valence-corrected chi connectivity index (χ0v) is 10.3. The van der Waals surface area contributed by atoms with E-state index in [-0.39, 0.29) is 32.8 Å². The SMILES string of the molecule is C[C](C)(C)[Mg][C](C)(C)C.Cl. The number of rotatable bonds is 0. The fourth-order valence-electron chi connectivity index (χ4n) is 1.59. The molecule has 0 aromatic rings. The molecular formula is C8H19ClMg. The van der Waals surface area contributed by atoms with Gasteiger partial charge in [0.2, 0.25) is 0 Å². The molecule has 0 bridgehead atoms. The highest BCUT2D eigenvalue weighted by molar-refractivity contribution is 6.43. The topological polar surface area (TPSA) is 0 Å². The van der Waals surface area contributed by atoms with Crippen LogP contribution < -0.4 is 0 Å². The third kappa shape index (κ3) is 11.8. The lowest BCUT2D eigenvalue weighted by atomic mass is 10.2. The van der Waals surface area contributed by atoms with Gasteiger partial charge < -0.3 is 0 Å². The quantitative estimate of drug-likeness (QED) is 0.493. The molecule has 0 aromatic heterocycles. The van der Waals surface area contributed by atoms with E-state index in [0.29, 0.717) is 7.09 Å². The molecule has 0 nitrogen and oxygen atoms in total. The number of halogens is 1. The molecule has 0 atom stereocenters. The summed E-state index contributed by atoms with van der Waals surface area (Å²) in [4.78, 5) is 0. The van der Waals surface area contributed by atoms with Crippen molar-refractivity contribution < 1.29 is 0 Å². The third-order valence-electron chi connectivity index (χ3n) is 1.06. The van der Waals surface area contributed by atoms with Gasteiger partial charge in [0, 0.05) is 0 Å². The van der Waals surface area contributed by atoms with Crippen LogP contribution in [0.4, 0.5) is 0 Å². The van der Waals surface area contributed by atoms with Crippen LogP contribution in [0.15, 0.2) is 0 Å². The minimum atomic E-state index is 0. The molecule has 0 saturated heterocycles. The monoisotopic (exact) mass is 174 g/mol. The molecule has 2 heteroatoms. The van der Waals surface area contributed by atoms with Crippen molar-refractivity contribution in [1.29, 1.82) is 0 Å². The molecule has 0 fully saturated rings. The Bertz CT molecular complexity index is 74.4. The minimum Gasteiger partial charge on any atom is -0.147 e. The first-order valence-electron chi connectivity index (χ1n) is 3.71. The van der Waals surface area contributed by atoms with Gasteiger partial charge in [0.05, 0.1) is 0 Å². The Morgan fingerprint density at radius 2 is 0.900 bits per heavy atom. The third-order valence-corrected chi connectivity index (χ3v) is 3.18. The van der Waals surface area contributed by atoms with Gasteiger partial charge in [-0.05, 0) is 0 Å². The standard InChI is InChI=1S/2C4H9.ClH.Mg/c2*1-4(2)3;;/h2*1-3H3;1H;. The van der Waals surface area contributed by atoms with Crippen molar-refractivity contribution in [1.82, 2.24) is 0 Å². The summed E-state index contributed by atoms with van der Waals surface area (Å²) in [6.07, 6.45) is 0. The summed E-state index contributed by atoms with van der Waals surface area (Å²) >= 11 is 0.0880. The maximum absolute atomic E-state index is 2.35. The lowest BCUT2D eigenvalue weighted by Gasteiger charge is -2.26. The Labute approximate surface area is 81.3 Å². The average Bonchev–Trinajstić information content (AvgIpc) is 1.14. The molecule has 0 spiro atoms. The van der Waals surface area contributed by atoms with Crippen molar-refractivity contribution in [2.45, 2.75) is 48.6 Å². The first kappa shape index (κ1) is 13.6. The summed E-state index contributed by atoms with van der Waals surface area (Å²) in [5, 5.41) is 0. The summed E-state index contributed by atoms with van der Waals surface area (Å²) < 4.78 is 1.25. The minimum absolute atomic E-state index is 0. The molecule has 0 aromatic carbocycles. The maximum atomic E-state index is 2.35. The van der Waals surface area contributed by atoms with Gasteiger partial charge in [-0.2, -0.15) is 0 Å². The molecule has 0 N–H and O–H groups in total. The summed E-state index contributed by atoms with van der Waals surface area (Å²) in [5.41, 5.74) is 0. The molecule has 0 unspecified atom stereocenters. The van der Waals surface area contributed by atoms with Gasteiger partial charge in [0.25, 0.3) is 0 Å². The van der Waals surface area contributed by atoms with Crippen molar-refractivity contribution in [3.05, 3.63) is 0 Å². The summed E-state index contributed by atoms with van der Waals surface area (Å²) in [5.74, 6) is 0. The normalized spacial score (nSPS) is 11.8. The van der Waals surface area contributed by atoms with E-state index in [0.717, 1.165) is 0 Å². The predicted octanol–water partition coefficient (Wildman–Crippen LogP) is 3.55. The van der Waals surface area contributed by atoms with E-state index >= 15 is 0 Å². The van der Waals surface area contributed by atoms with Crippen LogP contribution in [-0.2, 0) is 0 Å². The predicted molar refractivity (Wildman–Crippen MR) is 52.4 cm³/mol. The van der Waals surface area contributed by atoms with Crippen LogP contribution in [0, 0.1) is 0 Å². The van der Waals surface area contributed by atoms with E-state index < -0.39 is 0 Å². The first-order chi connectivity index (χ1) is 3.71. The summed E-state index contributed by atoms with van der Waals surface area (Å²) in [6, 6.07) is 0. The molecule has 60 valence electrons. The lowest BCUT2D eigenvalue weighted by molar-refractivity contribution is 0.668. The van der Waals surface area contributed by atoms with Crippen LogP contribution in [0.5, 0.6) is 0 Å². The van der Waals surface area contributed by atoms with Gasteiger partial charge in [-0.3, -0.25) is 0 Å². The van der Waals surface area contributed by atoms with E-state index in [9.17, 15) is 0 Å². The van der Waals surface area contributed by atoms with Gasteiger partial charge >= 0.3 is 20.4 Å². The fourth-order valence-corrected chi connectivity index (χ4v) is 4.77. The molecule has 0 amide bonds. The van der Waals surface area contributed by atoms with Gasteiger partial charge in [-0.1, -0.05) is 41.5 Å². The smallest absolute Gasteiger partial charge is 0.147 e. The van der Waals surface area contributed by atoms with Crippen molar-refractivity contribution in [3.8, 4) is 0 Å². The van der Waals surface area contributed by atoms with E-state index in [4.69, 9.17) is 0 Å². The van der Waals surface area contributed by atoms with Crippen LogP contribution in [0.25, 0.3) is 0 Å². The Morgan fingerprint density at radius 1 is 0.700 bits per heavy atom. The molecule has 0 saturated carbocycles. The maximum Gasteiger partial charge on any atom is 0.380 e. The van der Waals surface area contributed by atoms with Crippen LogP contribution in [0.3, 0.4) is 0 Å². The Morgan fingerprint density at radius 3 is 0.900 bits per heavy atom. The van der Waals surface area contributed by atoms with Gasteiger partial charge in [0.15, 0.2) is 0 Å². The van der Waals surface area contributed by atoms with Crippen LogP contribution in [0.2, 0.25) is 7.09 Å². The molecule has 0 rings (SSSR count).